The number of carbonyl (C=O) groups excluding carboxylic acids is 1. The van der Waals surface area contributed by atoms with Gasteiger partial charge in [-0.1, -0.05) is 22.9 Å². The molecule has 0 atom stereocenters. The summed E-state index contributed by atoms with van der Waals surface area (Å²) in [7, 11) is 2.94. The van der Waals surface area contributed by atoms with Gasteiger partial charge in [-0.15, -0.1) is 0 Å². The molecule has 0 unspecified atom stereocenters. The summed E-state index contributed by atoms with van der Waals surface area (Å²) in [6, 6.07) is 8.67. The first-order chi connectivity index (χ1) is 15.9. The Balaban J connectivity index is 2.00. The first-order valence-electron chi connectivity index (χ1n) is 10.2. The largest absolute Gasteiger partial charge is 0.493 e. The van der Waals surface area contributed by atoms with Crippen molar-refractivity contribution in [1.82, 2.24) is 9.66 Å². The van der Waals surface area contributed by atoms with E-state index in [9.17, 15) is 9.59 Å². The average Bonchev–Trinajstić information content (AvgIpc) is 2.82. The van der Waals surface area contributed by atoms with E-state index in [1.165, 1.54) is 25.1 Å². The number of halogens is 1. The fourth-order valence-electron chi connectivity index (χ4n) is 3.12. The molecule has 3 rings (SSSR count). The van der Waals surface area contributed by atoms with Gasteiger partial charge in [-0.3, -0.25) is 4.79 Å². The Labute approximate surface area is 199 Å². The molecule has 1 heterocycles. The summed E-state index contributed by atoms with van der Waals surface area (Å²) in [4.78, 5) is 29.3. The number of ether oxygens (including phenoxy) is 4. The minimum atomic E-state index is -0.505. The fourth-order valence-corrected chi connectivity index (χ4v) is 3.48. The van der Waals surface area contributed by atoms with Gasteiger partial charge in [0.05, 0.1) is 37.9 Å². The van der Waals surface area contributed by atoms with Crippen LogP contribution < -0.4 is 19.8 Å². The topological polar surface area (TPSA) is 101 Å². The minimum Gasteiger partial charge on any atom is -0.493 e. The molecule has 0 N–H and O–H groups in total. The van der Waals surface area contributed by atoms with E-state index in [-0.39, 0.29) is 24.5 Å². The van der Waals surface area contributed by atoms with E-state index in [0.29, 0.717) is 40.2 Å². The molecule has 0 fully saturated rings. The number of hydrogen-bond acceptors (Lipinski definition) is 8. The summed E-state index contributed by atoms with van der Waals surface area (Å²) in [5, 5.41) is 4.84. The molecule has 0 saturated carbocycles. The number of carbonyl (C=O) groups is 1. The monoisotopic (exact) mass is 517 g/mol. The molecule has 9 nitrogen and oxygen atoms in total. The Morgan fingerprint density at radius 3 is 2.45 bits per heavy atom. The van der Waals surface area contributed by atoms with Crippen molar-refractivity contribution >= 4 is 39.0 Å². The van der Waals surface area contributed by atoms with Gasteiger partial charge in [-0.25, -0.2) is 9.78 Å². The number of hydrogen-bond donors (Lipinski definition) is 0. The zero-order chi connectivity index (χ0) is 24.0. The highest BCUT2D eigenvalue weighted by molar-refractivity contribution is 9.10. The van der Waals surface area contributed by atoms with E-state index in [0.717, 1.165) is 4.47 Å². The van der Waals surface area contributed by atoms with E-state index < -0.39 is 5.97 Å². The summed E-state index contributed by atoms with van der Waals surface area (Å²) in [5.41, 5.74) is 0.927. The van der Waals surface area contributed by atoms with Crippen LogP contribution in [0.25, 0.3) is 10.9 Å². The third-order valence-electron chi connectivity index (χ3n) is 4.64. The second-order valence-electron chi connectivity index (χ2n) is 6.75. The molecule has 10 heteroatoms. The highest BCUT2D eigenvalue weighted by atomic mass is 79.9. The second kappa shape index (κ2) is 11.0. The molecule has 3 aromatic rings. The lowest BCUT2D eigenvalue weighted by Gasteiger charge is -2.15. The van der Waals surface area contributed by atoms with Crippen molar-refractivity contribution in [3.63, 3.8) is 0 Å². The molecule has 2 aromatic carbocycles. The number of esters is 1. The molecule has 0 amide bonds. The van der Waals surface area contributed by atoms with Crippen LogP contribution >= 0.6 is 15.9 Å². The fraction of sp³-hybridized carbons (Fsp3) is 0.304. The van der Waals surface area contributed by atoms with E-state index in [1.807, 2.05) is 13.0 Å². The van der Waals surface area contributed by atoms with Crippen molar-refractivity contribution in [2.24, 2.45) is 5.10 Å². The molecular weight excluding hydrogens is 494 g/mol. The first-order valence-corrected chi connectivity index (χ1v) is 11.0. The second-order valence-corrected chi connectivity index (χ2v) is 7.67. The van der Waals surface area contributed by atoms with Crippen LogP contribution in [0.5, 0.6) is 17.2 Å². The SMILES string of the molecule is CCOC(=O)COc1c(OC)cc(C=Nn2c(CC)nc3ccc(Br)cc3c2=O)cc1OC. The number of rotatable bonds is 9. The molecule has 0 radical (unpaired) electrons. The van der Waals surface area contributed by atoms with E-state index >= 15 is 0 Å². The molecule has 174 valence electrons. The molecule has 0 saturated heterocycles. The van der Waals surface area contributed by atoms with Crippen LogP contribution in [0.2, 0.25) is 0 Å². The Morgan fingerprint density at radius 2 is 1.85 bits per heavy atom. The van der Waals surface area contributed by atoms with Crippen LogP contribution in [0.15, 0.2) is 44.7 Å². The summed E-state index contributed by atoms with van der Waals surface area (Å²) in [6.07, 6.45) is 2.03. The van der Waals surface area contributed by atoms with Crippen LogP contribution in [0, 0.1) is 0 Å². The lowest BCUT2D eigenvalue weighted by atomic mass is 10.2. The van der Waals surface area contributed by atoms with Crippen LogP contribution in [0.3, 0.4) is 0 Å². The first kappa shape index (κ1) is 24.2. The lowest BCUT2D eigenvalue weighted by Crippen LogP contribution is -2.22. The van der Waals surface area contributed by atoms with Gasteiger partial charge in [0.25, 0.3) is 5.56 Å². The zero-order valence-electron chi connectivity index (χ0n) is 18.8. The maximum Gasteiger partial charge on any atom is 0.344 e. The predicted octanol–water partition coefficient (Wildman–Crippen LogP) is 3.56. The summed E-state index contributed by atoms with van der Waals surface area (Å²) >= 11 is 3.39. The Morgan fingerprint density at radius 1 is 1.15 bits per heavy atom. The summed E-state index contributed by atoms with van der Waals surface area (Å²) in [6.45, 7) is 3.58. The van der Waals surface area contributed by atoms with Crippen molar-refractivity contribution in [1.29, 1.82) is 0 Å². The standard InChI is InChI=1S/C23H24BrN3O6/c1-5-20-26-17-8-7-15(24)11-16(17)23(29)27(20)25-12-14-9-18(30-3)22(19(10-14)31-4)33-13-21(28)32-6-2/h7-12H,5-6,13H2,1-4H3. The number of benzene rings is 2. The van der Waals surface area contributed by atoms with E-state index in [4.69, 9.17) is 18.9 Å². The van der Waals surface area contributed by atoms with Crippen molar-refractivity contribution in [3.8, 4) is 17.2 Å². The van der Waals surface area contributed by atoms with Crippen LogP contribution in [-0.2, 0) is 16.0 Å². The van der Waals surface area contributed by atoms with Gasteiger partial charge in [0.15, 0.2) is 18.1 Å². The molecule has 1 aromatic heterocycles. The van der Waals surface area contributed by atoms with E-state index in [2.05, 4.69) is 26.0 Å². The normalized spacial score (nSPS) is 11.1. The number of fused-ring (bicyclic) bond motifs is 1. The molecular formula is C23H24BrN3O6. The smallest absolute Gasteiger partial charge is 0.344 e. The highest BCUT2D eigenvalue weighted by Gasteiger charge is 2.16. The van der Waals surface area contributed by atoms with Gasteiger partial charge in [-0.2, -0.15) is 9.78 Å². The maximum atomic E-state index is 13.1. The van der Waals surface area contributed by atoms with Gasteiger partial charge >= 0.3 is 5.97 Å². The number of aryl methyl sites for hydroxylation is 1. The van der Waals surface area contributed by atoms with E-state index in [1.54, 1.807) is 31.2 Å². The molecule has 0 aliphatic rings. The Bertz CT molecular complexity index is 1230. The van der Waals surface area contributed by atoms with Crippen molar-refractivity contribution in [2.75, 3.05) is 27.4 Å². The molecule has 0 spiro atoms. The Kier molecular flexibility index (Phi) is 8.05. The van der Waals surface area contributed by atoms with Gasteiger partial charge in [0.2, 0.25) is 5.75 Å². The van der Waals surface area contributed by atoms with Crippen molar-refractivity contribution in [2.45, 2.75) is 20.3 Å². The number of aromatic nitrogens is 2. The number of methoxy groups -OCH3 is 2. The Hall–Kier alpha value is -3.40. The molecule has 0 aliphatic heterocycles. The number of nitrogens with zero attached hydrogens (tertiary/aromatic N) is 3. The quantitative estimate of drug-likeness (QED) is 0.315. The lowest BCUT2D eigenvalue weighted by molar-refractivity contribution is -0.145. The summed E-state index contributed by atoms with van der Waals surface area (Å²) in [5.74, 6) is 0.954. The predicted molar refractivity (Wildman–Crippen MR) is 128 cm³/mol. The zero-order valence-corrected chi connectivity index (χ0v) is 20.3. The van der Waals surface area contributed by atoms with Gasteiger partial charge < -0.3 is 18.9 Å². The average molecular weight is 518 g/mol. The van der Waals surface area contributed by atoms with Gasteiger partial charge in [0, 0.05) is 16.5 Å². The molecule has 0 bridgehead atoms. The minimum absolute atomic E-state index is 0.256. The van der Waals surface area contributed by atoms with Crippen LogP contribution in [0.1, 0.15) is 25.2 Å². The van der Waals surface area contributed by atoms with Crippen LogP contribution in [-0.4, -0.2) is 49.3 Å². The highest BCUT2D eigenvalue weighted by Crippen LogP contribution is 2.38. The van der Waals surface area contributed by atoms with Crippen molar-refractivity contribution in [3.05, 3.63) is 56.5 Å². The summed E-state index contributed by atoms with van der Waals surface area (Å²) < 4.78 is 23.3. The molecule has 33 heavy (non-hydrogen) atoms. The van der Waals surface area contributed by atoms with Gasteiger partial charge in [-0.05, 0) is 37.3 Å². The van der Waals surface area contributed by atoms with Crippen molar-refractivity contribution < 1.29 is 23.7 Å². The maximum absolute atomic E-state index is 13.1. The van der Waals surface area contributed by atoms with Crippen LogP contribution in [0.4, 0.5) is 0 Å². The van der Waals surface area contributed by atoms with Gasteiger partial charge in [0.1, 0.15) is 5.82 Å². The molecule has 0 aliphatic carbocycles. The third-order valence-corrected chi connectivity index (χ3v) is 5.13. The third kappa shape index (κ3) is 5.51.